The minimum absolute atomic E-state index is 0.0216. The molecule has 0 bridgehead atoms. The second-order valence-electron chi connectivity index (χ2n) is 4.77. The first-order chi connectivity index (χ1) is 11.3. The van der Waals surface area contributed by atoms with Crippen LogP contribution in [0.25, 0.3) is 11.4 Å². The first kappa shape index (κ1) is 16.4. The lowest BCUT2D eigenvalue weighted by Crippen LogP contribution is -2.11. The number of nitrogens with zero attached hydrogens (tertiary/aromatic N) is 2. The fourth-order valence-electron chi connectivity index (χ4n) is 1.93. The van der Waals surface area contributed by atoms with Crippen LogP contribution in [-0.4, -0.2) is 18.6 Å². The van der Waals surface area contributed by atoms with Crippen LogP contribution in [0.15, 0.2) is 51.9 Å². The summed E-state index contributed by atoms with van der Waals surface area (Å²) in [6, 6.07) is 9.16. The molecule has 124 valence electrons. The normalized spacial score (nSPS) is 11.5. The van der Waals surface area contributed by atoms with Gasteiger partial charge in [0, 0.05) is 17.5 Å². The van der Waals surface area contributed by atoms with Gasteiger partial charge in [-0.3, -0.25) is 0 Å². The van der Waals surface area contributed by atoms with Crippen molar-refractivity contribution in [2.75, 3.05) is 0 Å². The number of hydrogen-bond acceptors (Lipinski definition) is 6. The summed E-state index contributed by atoms with van der Waals surface area (Å²) >= 11 is 5.61. The summed E-state index contributed by atoms with van der Waals surface area (Å²) in [5.74, 6) is -0.188. The second-order valence-corrected chi connectivity index (χ2v) is 6.72. The Bertz CT molecular complexity index is 987. The molecule has 0 fully saturated rings. The van der Waals surface area contributed by atoms with E-state index in [2.05, 4.69) is 10.1 Å². The molecule has 0 aliphatic rings. The summed E-state index contributed by atoms with van der Waals surface area (Å²) in [6.45, 7) is 1.65. The van der Waals surface area contributed by atoms with Gasteiger partial charge in [-0.2, -0.15) is 13.4 Å². The Morgan fingerprint density at radius 3 is 2.46 bits per heavy atom. The van der Waals surface area contributed by atoms with Gasteiger partial charge in [0.25, 0.3) is 0 Å². The SMILES string of the molecule is Cc1nc(-c2ccc(OS(=O)(=O)c3ccc(Cl)cc3F)cc2)no1. The van der Waals surface area contributed by atoms with Gasteiger partial charge in [-0.05, 0) is 42.5 Å². The van der Waals surface area contributed by atoms with Crippen LogP contribution >= 0.6 is 11.6 Å². The molecule has 6 nitrogen and oxygen atoms in total. The third-order valence-corrected chi connectivity index (χ3v) is 4.53. The van der Waals surface area contributed by atoms with Gasteiger partial charge < -0.3 is 8.71 Å². The first-order valence-corrected chi connectivity index (χ1v) is 8.44. The third kappa shape index (κ3) is 3.39. The lowest BCUT2D eigenvalue weighted by atomic mass is 10.2. The average Bonchev–Trinajstić information content (AvgIpc) is 2.93. The highest BCUT2D eigenvalue weighted by Crippen LogP contribution is 2.25. The van der Waals surface area contributed by atoms with Crippen LogP contribution in [0.2, 0.25) is 5.02 Å². The van der Waals surface area contributed by atoms with Crippen LogP contribution in [0.5, 0.6) is 5.75 Å². The summed E-state index contributed by atoms with van der Waals surface area (Å²) < 4.78 is 47.9. The number of rotatable bonds is 4. The molecule has 0 N–H and O–H groups in total. The molecule has 0 radical (unpaired) electrons. The van der Waals surface area contributed by atoms with E-state index >= 15 is 0 Å². The summed E-state index contributed by atoms with van der Waals surface area (Å²) in [5.41, 5.74) is 0.620. The second kappa shape index (κ2) is 6.21. The molecule has 0 atom stereocenters. The van der Waals surface area contributed by atoms with Gasteiger partial charge in [-0.25, -0.2) is 4.39 Å². The van der Waals surface area contributed by atoms with Gasteiger partial charge in [0.15, 0.2) is 0 Å². The van der Waals surface area contributed by atoms with Crippen molar-refractivity contribution in [3.8, 4) is 17.1 Å². The zero-order chi connectivity index (χ0) is 17.3. The third-order valence-electron chi connectivity index (χ3n) is 3.01. The first-order valence-electron chi connectivity index (χ1n) is 6.65. The van der Waals surface area contributed by atoms with E-state index < -0.39 is 20.8 Å². The van der Waals surface area contributed by atoms with Gasteiger partial charge in [0.1, 0.15) is 16.5 Å². The van der Waals surface area contributed by atoms with E-state index in [1.54, 1.807) is 19.1 Å². The molecule has 3 aromatic rings. The van der Waals surface area contributed by atoms with Crippen molar-refractivity contribution >= 4 is 21.7 Å². The Morgan fingerprint density at radius 2 is 1.88 bits per heavy atom. The Kier molecular flexibility index (Phi) is 4.25. The molecule has 0 spiro atoms. The van der Waals surface area contributed by atoms with Crippen LogP contribution in [0.4, 0.5) is 4.39 Å². The zero-order valence-electron chi connectivity index (χ0n) is 12.2. The number of halogens is 2. The topological polar surface area (TPSA) is 82.3 Å². The van der Waals surface area contributed by atoms with Crippen LogP contribution in [0.1, 0.15) is 5.89 Å². The van der Waals surface area contributed by atoms with E-state index in [1.165, 1.54) is 18.2 Å². The Balaban J connectivity index is 1.85. The molecule has 9 heteroatoms. The molecule has 1 heterocycles. The molecule has 1 aromatic heterocycles. The van der Waals surface area contributed by atoms with Gasteiger partial charge in [0.05, 0.1) is 0 Å². The lowest BCUT2D eigenvalue weighted by Gasteiger charge is -2.08. The van der Waals surface area contributed by atoms with Crippen molar-refractivity contribution in [2.24, 2.45) is 0 Å². The molecule has 0 unspecified atom stereocenters. The fraction of sp³-hybridized carbons (Fsp3) is 0.0667. The smallest absolute Gasteiger partial charge is 0.342 e. The minimum Gasteiger partial charge on any atom is -0.379 e. The molecule has 0 amide bonds. The van der Waals surface area contributed by atoms with Crippen molar-refractivity contribution in [3.05, 3.63) is 59.2 Å². The fourth-order valence-corrected chi connectivity index (χ4v) is 3.07. The van der Waals surface area contributed by atoms with Crippen LogP contribution in [0, 0.1) is 12.7 Å². The largest absolute Gasteiger partial charge is 0.379 e. The van der Waals surface area contributed by atoms with Crippen molar-refractivity contribution < 1.29 is 21.5 Å². The van der Waals surface area contributed by atoms with Crippen LogP contribution in [-0.2, 0) is 10.1 Å². The molecular formula is C15H10ClFN2O4S. The minimum atomic E-state index is -4.32. The van der Waals surface area contributed by atoms with Gasteiger partial charge in [0.2, 0.25) is 11.7 Å². The number of benzene rings is 2. The molecular weight excluding hydrogens is 359 g/mol. The van der Waals surface area contributed by atoms with E-state index in [9.17, 15) is 12.8 Å². The quantitative estimate of drug-likeness (QED) is 0.654. The lowest BCUT2D eigenvalue weighted by molar-refractivity contribution is 0.394. The van der Waals surface area contributed by atoms with Gasteiger partial charge >= 0.3 is 10.1 Å². The maximum atomic E-state index is 13.8. The van der Waals surface area contributed by atoms with Gasteiger partial charge in [-0.1, -0.05) is 16.8 Å². The monoisotopic (exact) mass is 368 g/mol. The molecule has 2 aromatic carbocycles. The van der Waals surface area contributed by atoms with Gasteiger partial charge in [-0.15, -0.1) is 0 Å². The Hall–Kier alpha value is -2.45. The predicted octanol–water partition coefficient (Wildman–Crippen LogP) is 3.61. The molecule has 3 rings (SSSR count). The van der Waals surface area contributed by atoms with Crippen molar-refractivity contribution in [1.29, 1.82) is 0 Å². The summed E-state index contributed by atoms with van der Waals surface area (Å²) in [7, 11) is -4.32. The number of hydrogen-bond donors (Lipinski definition) is 0. The summed E-state index contributed by atoms with van der Waals surface area (Å²) in [4.78, 5) is 3.46. The number of aryl methyl sites for hydroxylation is 1. The van der Waals surface area contributed by atoms with E-state index in [-0.39, 0.29) is 10.8 Å². The van der Waals surface area contributed by atoms with E-state index in [4.69, 9.17) is 20.3 Å². The van der Waals surface area contributed by atoms with E-state index in [1.807, 2.05) is 0 Å². The van der Waals surface area contributed by atoms with Crippen LogP contribution < -0.4 is 4.18 Å². The maximum Gasteiger partial charge on any atom is 0.342 e. The van der Waals surface area contributed by atoms with E-state index in [0.717, 1.165) is 12.1 Å². The molecule has 0 aliphatic carbocycles. The average molecular weight is 369 g/mol. The van der Waals surface area contributed by atoms with Crippen molar-refractivity contribution in [2.45, 2.75) is 11.8 Å². The highest BCUT2D eigenvalue weighted by molar-refractivity contribution is 7.87. The van der Waals surface area contributed by atoms with Crippen molar-refractivity contribution in [3.63, 3.8) is 0 Å². The number of aromatic nitrogens is 2. The summed E-state index contributed by atoms with van der Waals surface area (Å²) in [6.07, 6.45) is 0. The standard InChI is InChI=1S/C15H10ClFN2O4S/c1-9-18-15(19-22-9)10-2-5-12(6-3-10)23-24(20,21)14-7-4-11(16)8-13(14)17/h2-8H,1H3. The molecule has 0 saturated heterocycles. The molecule has 24 heavy (non-hydrogen) atoms. The van der Waals surface area contributed by atoms with Crippen molar-refractivity contribution in [1.82, 2.24) is 10.1 Å². The highest BCUT2D eigenvalue weighted by Gasteiger charge is 2.21. The summed E-state index contributed by atoms with van der Waals surface area (Å²) in [5, 5.41) is 3.84. The maximum absolute atomic E-state index is 13.8. The Morgan fingerprint density at radius 1 is 1.17 bits per heavy atom. The zero-order valence-corrected chi connectivity index (χ0v) is 13.8. The Labute approximate surface area is 142 Å². The molecule has 0 saturated carbocycles. The predicted molar refractivity (Wildman–Crippen MR) is 83.7 cm³/mol. The van der Waals surface area contributed by atoms with E-state index in [0.29, 0.717) is 17.3 Å². The highest BCUT2D eigenvalue weighted by atomic mass is 35.5. The molecule has 0 aliphatic heterocycles. The van der Waals surface area contributed by atoms with Crippen LogP contribution in [0.3, 0.4) is 0 Å².